The van der Waals surface area contributed by atoms with Crippen molar-refractivity contribution in [2.75, 3.05) is 6.54 Å². The van der Waals surface area contributed by atoms with Crippen molar-refractivity contribution < 1.29 is 41.0 Å². The van der Waals surface area contributed by atoms with Crippen molar-refractivity contribution in [3.8, 4) is 6.07 Å². The van der Waals surface area contributed by atoms with E-state index in [9.17, 15) is 41.0 Å². The minimum absolute atomic E-state index is 0.0566. The lowest BCUT2D eigenvalue weighted by molar-refractivity contribution is -0.141. The van der Waals surface area contributed by atoms with Crippen molar-refractivity contribution in [1.29, 1.82) is 5.26 Å². The molecule has 4 rings (SSSR count). The van der Waals surface area contributed by atoms with E-state index in [0.717, 1.165) is 24.4 Å². The second-order valence-electron chi connectivity index (χ2n) is 10.6. The number of nitrogens with zero attached hydrogens (tertiary/aromatic N) is 2. The summed E-state index contributed by atoms with van der Waals surface area (Å²) in [5, 5.41) is 28.2. The lowest BCUT2D eigenvalue weighted by Gasteiger charge is -2.30. The van der Waals surface area contributed by atoms with E-state index in [4.69, 9.17) is 5.26 Å². The number of aromatic nitrogens is 1. The maximum absolute atomic E-state index is 13.6. The molecule has 4 N–H and O–H groups in total. The molecule has 3 unspecified atom stereocenters. The molecule has 0 saturated carbocycles. The zero-order valence-corrected chi connectivity index (χ0v) is 23.2. The summed E-state index contributed by atoms with van der Waals surface area (Å²) < 4.78 is 79.9. The fraction of sp³-hybridized carbons (Fsp3) is 0.333. The van der Waals surface area contributed by atoms with Crippen molar-refractivity contribution in [2.45, 2.75) is 56.2 Å². The van der Waals surface area contributed by atoms with Crippen LogP contribution in [0, 0.1) is 11.3 Å². The van der Waals surface area contributed by atoms with Gasteiger partial charge in [0.25, 0.3) is 11.8 Å². The molecule has 1 aromatic heterocycles. The average molecular weight is 620 g/mol. The molecule has 0 spiro atoms. The predicted octanol–water partition coefficient (Wildman–Crippen LogP) is 4.87. The summed E-state index contributed by atoms with van der Waals surface area (Å²) in [6.45, 7) is 1.99. The first-order valence-corrected chi connectivity index (χ1v) is 13.4. The van der Waals surface area contributed by atoms with E-state index >= 15 is 0 Å². The second kappa shape index (κ2) is 12.5. The number of aliphatic hydroxyl groups is 1. The van der Waals surface area contributed by atoms with E-state index in [-0.39, 0.29) is 12.1 Å². The summed E-state index contributed by atoms with van der Waals surface area (Å²) >= 11 is 0. The molecule has 44 heavy (non-hydrogen) atoms. The third-order valence-electron chi connectivity index (χ3n) is 7.43. The van der Waals surface area contributed by atoms with Crippen molar-refractivity contribution in [3.05, 3.63) is 100 Å². The third-order valence-corrected chi connectivity index (χ3v) is 7.43. The number of allylic oxidation sites excluding steroid dienone is 2. The zero-order valence-electron chi connectivity index (χ0n) is 23.2. The van der Waals surface area contributed by atoms with Crippen LogP contribution in [0.1, 0.15) is 48.1 Å². The summed E-state index contributed by atoms with van der Waals surface area (Å²) in [4.78, 5) is 30.3. The smallest absolute Gasteiger partial charge is 0.433 e. The molecular weight excluding hydrogens is 592 g/mol. The highest BCUT2D eigenvalue weighted by molar-refractivity contribution is 6.19. The van der Waals surface area contributed by atoms with E-state index in [0.29, 0.717) is 42.7 Å². The Morgan fingerprint density at radius 1 is 1.09 bits per heavy atom. The van der Waals surface area contributed by atoms with Gasteiger partial charge in [-0.1, -0.05) is 36.4 Å². The minimum Gasteiger partial charge on any atom is -0.509 e. The number of carbonyl (C=O) groups is 2. The van der Waals surface area contributed by atoms with Gasteiger partial charge >= 0.3 is 12.4 Å². The van der Waals surface area contributed by atoms with Crippen LogP contribution >= 0.6 is 0 Å². The highest BCUT2D eigenvalue weighted by Gasteiger charge is 2.41. The number of carbonyl (C=O) groups excluding carboxylic acids is 2. The first-order valence-electron chi connectivity index (χ1n) is 13.4. The number of alkyl halides is 6. The molecule has 2 aliphatic rings. The van der Waals surface area contributed by atoms with Gasteiger partial charge in [0.05, 0.1) is 28.8 Å². The Hall–Kier alpha value is -4.64. The molecule has 3 atom stereocenters. The molecule has 1 fully saturated rings. The molecular formula is C30H27F6N5O3. The Bertz CT molecular complexity index is 1530. The predicted molar refractivity (Wildman–Crippen MR) is 145 cm³/mol. The van der Waals surface area contributed by atoms with Crippen LogP contribution in [0.15, 0.2) is 77.7 Å². The van der Waals surface area contributed by atoms with Gasteiger partial charge in [-0.15, -0.1) is 0 Å². The second-order valence-corrected chi connectivity index (χ2v) is 10.6. The molecule has 1 aliphatic carbocycles. The molecule has 2 heterocycles. The van der Waals surface area contributed by atoms with Crippen LogP contribution in [0.2, 0.25) is 0 Å². The number of amides is 2. The molecule has 8 nitrogen and oxygen atoms in total. The SMILES string of the molecule is CC1(/C(O)=C(\C(=O)NCc2ccc(C#N)cc2)C(=O)NC2C=CC(C(F)(F)F)=CC2c2ccc(C(F)(F)F)nc2)CCCN1. The standard InChI is InChI=1S/C30H27F6N5O3/c1-28(11-2-12-40-28)25(42)24(26(43)39-15-18-5-3-17(14-37)4-6-18)27(44)41-22-9-8-20(29(31,32)33)13-21(22)19-7-10-23(38-16-19)30(34,35)36/h3-10,13,16,21-22,40,42H,2,11-12,15H2,1H3,(H,39,43)(H,41,44)/b25-24-. The molecule has 232 valence electrons. The molecule has 1 saturated heterocycles. The van der Waals surface area contributed by atoms with Gasteiger partial charge in [0.1, 0.15) is 17.0 Å². The summed E-state index contributed by atoms with van der Waals surface area (Å²) in [6, 6.07) is 8.51. The number of halogens is 6. The molecule has 2 amide bonds. The Morgan fingerprint density at radius 2 is 1.80 bits per heavy atom. The van der Waals surface area contributed by atoms with Gasteiger partial charge in [-0.3, -0.25) is 14.6 Å². The van der Waals surface area contributed by atoms with Gasteiger partial charge in [0.2, 0.25) is 0 Å². The van der Waals surface area contributed by atoms with Gasteiger partial charge in [-0.2, -0.15) is 31.6 Å². The van der Waals surface area contributed by atoms with Gasteiger partial charge in [-0.05, 0) is 55.6 Å². The Morgan fingerprint density at radius 3 is 2.34 bits per heavy atom. The Labute approximate surface area is 248 Å². The maximum Gasteiger partial charge on any atom is 0.433 e. The quantitative estimate of drug-likeness (QED) is 0.115. The van der Waals surface area contributed by atoms with Gasteiger partial charge in [0, 0.05) is 18.7 Å². The fourth-order valence-electron chi connectivity index (χ4n) is 4.96. The Kier molecular flexibility index (Phi) is 9.19. The van der Waals surface area contributed by atoms with Crippen molar-refractivity contribution in [3.63, 3.8) is 0 Å². The molecule has 1 aromatic carbocycles. The number of nitriles is 1. The number of hydrogen-bond acceptors (Lipinski definition) is 6. The number of pyridine rings is 1. The largest absolute Gasteiger partial charge is 0.509 e. The topological polar surface area (TPSA) is 127 Å². The molecule has 1 aliphatic heterocycles. The number of benzene rings is 1. The summed E-state index contributed by atoms with van der Waals surface area (Å²) in [5.41, 5.74) is -3.26. The van der Waals surface area contributed by atoms with Crippen LogP contribution in [0.4, 0.5) is 26.3 Å². The lowest BCUT2D eigenvalue weighted by Crippen LogP contribution is -2.46. The maximum atomic E-state index is 13.6. The van der Waals surface area contributed by atoms with E-state index < -0.39 is 64.3 Å². The van der Waals surface area contributed by atoms with Crippen molar-refractivity contribution in [1.82, 2.24) is 20.9 Å². The number of nitrogens with one attached hydrogen (secondary N) is 3. The first kappa shape index (κ1) is 32.3. The van der Waals surface area contributed by atoms with E-state index in [1.165, 1.54) is 12.1 Å². The van der Waals surface area contributed by atoms with Crippen molar-refractivity contribution >= 4 is 11.8 Å². The fourth-order valence-corrected chi connectivity index (χ4v) is 4.96. The zero-order chi connectivity index (χ0) is 32.3. The van der Waals surface area contributed by atoms with E-state index in [1.807, 2.05) is 6.07 Å². The molecule has 2 aromatic rings. The average Bonchev–Trinajstić information content (AvgIpc) is 3.43. The van der Waals surface area contributed by atoms with Crippen LogP contribution in [-0.2, 0) is 22.3 Å². The van der Waals surface area contributed by atoms with Gasteiger partial charge < -0.3 is 21.1 Å². The van der Waals surface area contributed by atoms with Gasteiger partial charge in [-0.25, -0.2) is 0 Å². The number of rotatable bonds is 7. The molecule has 14 heteroatoms. The molecule has 0 radical (unpaired) electrons. The highest BCUT2D eigenvalue weighted by atomic mass is 19.4. The van der Waals surface area contributed by atoms with Crippen LogP contribution in [0.3, 0.4) is 0 Å². The van der Waals surface area contributed by atoms with Crippen molar-refractivity contribution in [2.24, 2.45) is 0 Å². The van der Waals surface area contributed by atoms with Crippen LogP contribution in [0.5, 0.6) is 0 Å². The Balaban J connectivity index is 1.65. The summed E-state index contributed by atoms with van der Waals surface area (Å²) in [6.07, 6.45) is -5.31. The van der Waals surface area contributed by atoms with Crippen LogP contribution < -0.4 is 16.0 Å². The van der Waals surface area contributed by atoms with Crippen LogP contribution in [0.25, 0.3) is 0 Å². The lowest BCUT2D eigenvalue weighted by atomic mass is 9.85. The van der Waals surface area contributed by atoms with Gasteiger partial charge in [0.15, 0.2) is 0 Å². The van der Waals surface area contributed by atoms with Crippen LogP contribution in [-0.4, -0.2) is 46.2 Å². The first-order chi connectivity index (χ1) is 20.6. The van der Waals surface area contributed by atoms with E-state index in [2.05, 4.69) is 20.9 Å². The molecule has 0 bridgehead atoms. The summed E-state index contributed by atoms with van der Waals surface area (Å²) in [5.74, 6) is -3.99. The highest BCUT2D eigenvalue weighted by Crippen LogP contribution is 2.36. The van der Waals surface area contributed by atoms with E-state index in [1.54, 1.807) is 19.1 Å². The monoisotopic (exact) mass is 619 g/mol. The normalized spacial score (nSPS) is 22.5. The summed E-state index contributed by atoms with van der Waals surface area (Å²) in [7, 11) is 0. The minimum atomic E-state index is -4.79. The number of aliphatic hydroxyl groups excluding tert-OH is 1. The number of hydrogen-bond donors (Lipinski definition) is 4. The third kappa shape index (κ3) is 7.28.